The molecule has 3 atom stereocenters. The smallest absolute Gasteiger partial charge is 0.405 e. The SMILES string of the molecule is COCCn1cc(-c2ccc3c(c2)[C@H](NC(=O)O)[C@@H](C)[C@@H](C2CC2)N3C(C)=O)cn1. The van der Waals surface area contributed by atoms with E-state index in [4.69, 9.17) is 4.74 Å². The van der Waals surface area contributed by atoms with Crippen LogP contribution in [0.2, 0.25) is 0 Å². The average Bonchev–Trinajstić information content (AvgIpc) is 3.44. The summed E-state index contributed by atoms with van der Waals surface area (Å²) in [7, 11) is 1.65. The van der Waals surface area contributed by atoms with Crippen LogP contribution in [0.4, 0.5) is 10.5 Å². The predicted octanol–water partition coefficient (Wildman–Crippen LogP) is 3.29. The van der Waals surface area contributed by atoms with E-state index in [1.807, 2.05) is 40.9 Å². The van der Waals surface area contributed by atoms with Gasteiger partial charge in [0, 0.05) is 43.4 Å². The first-order valence-electron chi connectivity index (χ1n) is 10.4. The maximum atomic E-state index is 12.6. The van der Waals surface area contributed by atoms with Crippen molar-refractivity contribution in [2.24, 2.45) is 11.8 Å². The molecule has 0 unspecified atom stereocenters. The number of hydrogen-bond donors (Lipinski definition) is 2. The number of hydrogen-bond acceptors (Lipinski definition) is 4. The summed E-state index contributed by atoms with van der Waals surface area (Å²) < 4.78 is 6.92. The first-order valence-corrected chi connectivity index (χ1v) is 10.4. The van der Waals surface area contributed by atoms with Gasteiger partial charge in [-0.05, 0) is 42.0 Å². The maximum Gasteiger partial charge on any atom is 0.405 e. The van der Waals surface area contributed by atoms with E-state index >= 15 is 0 Å². The van der Waals surface area contributed by atoms with E-state index in [0.717, 1.165) is 35.2 Å². The molecule has 1 aliphatic carbocycles. The summed E-state index contributed by atoms with van der Waals surface area (Å²) in [6.45, 7) is 4.86. The Morgan fingerprint density at radius 3 is 2.70 bits per heavy atom. The van der Waals surface area contributed by atoms with Crippen LogP contribution in [0.25, 0.3) is 11.1 Å². The van der Waals surface area contributed by atoms with E-state index < -0.39 is 6.09 Å². The normalized spacial score (nSPS) is 23.2. The third-order valence-electron chi connectivity index (χ3n) is 6.20. The van der Waals surface area contributed by atoms with Crippen molar-refractivity contribution in [2.45, 2.75) is 45.3 Å². The molecule has 2 amide bonds. The van der Waals surface area contributed by atoms with Gasteiger partial charge in [-0.25, -0.2) is 4.79 Å². The molecule has 1 aliphatic heterocycles. The van der Waals surface area contributed by atoms with Gasteiger partial charge in [-0.15, -0.1) is 0 Å². The molecule has 0 bridgehead atoms. The number of carbonyl (C=O) groups is 2. The number of anilines is 1. The fourth-order valence-corrected chi connectivity index (χ4v) is 4.70. The van der Waals surface area contributed by atoms with Gasteiger partial charge in [-0.3, -0.25) is 9.48 Å². The standard InChI is InChI=1S/C22H28N4O4/c1-13-20(24-22(28)29)18-10-16(17-11-23-25(12-17)8-9-30-3)6-7-19(18)26(14(2)27)21(13)15-4-5-15/h6-7,10-13,15,20-21,24H,4-5,8-9H2,1-3H3,(H,28,29)/t13-,20-,21+/m1/s1. The van der Waals surface area contributed by atoms with Crippen molar-refractivity contribution in [1.29, 1.82) is 0 Å². The second kappa shape index (κ2) is 8.10. The van der Waals surface area contributed by atoms with E-state index in [1.165, 1.54) is 0 Å². The van der Waals surface area contributed by atoms with Crippen molar-refractivity contribution in [2.75, 3.05) is 18.6 Å². The summed E-state index contributed by atoms with van der Waals surface area (Å²) in [5.74, 6) is 0.396. The Kier molecular flexibility index (Phi) is 5.51. The molecule has 2 aromatic rings. The number of amides is 2. The van der Waals surface area contributed by atoms with Crippen LogP contribution in [0.3, 0.4) is 0 Å². The third-order valence-corrected chi connectivity index (χ3v) is 6.20. The zero-order valence-electron chi connectivity index (χ0n) is 17.5. The molecule has 2 heterocycles. The number of ether oxygens (including phenoxy) is 1. The molecule has 4 rings (SSSR count). The van der Waals surface area contributed by atoms with Crippen LogP contribution in [0.5, 0.6) is 0 Å². The number of benzene rings is 1. The fraction of sp³-hybridized carbons (Fsp3) is 0.500. The second-order valence-corrected chi connectivity index (χ2v) is 8.26. The zero-order valence-corrected chi connectivity index (χ0v) is 17.5. The predicted molar refractivity (Wildman–Crippen MR) is 112 cm³/mol. The van der Waals surface area contributed by atoms with Gasteiger partial charge < -0.3 is 20.1 Å². The summed E-state index contributed by atoms with van der Waals surface area (Å²) in [6.07, 6.45) is 4.84. The highest BCUT2D eigenvalue weighted by Gasteiger charge is 2.47. The molecular formula is C22H28N4O4. The minimum atomic E-state index is -1.05. The Bertz CT molecular complexity index is 952. The van der Waals surface area contributed by atoms with Crippen LogP contribution < -0.4 is 10.2 Å². The van der Waals surface area contributed by atoms with Crippen molar-refractivity contribution in [3.05, 3.63) is 36.2 Å². The lowest BCUT2D eigenvalue weighted by molar-refractivity contribution is -0.117. The van der Waals surface area contributed by atoms with Crippen molar-refractivity contribution in [3.8, 4) is 11.1 Å². The molecule has 2 aliphatic rings. The number of fused-ring (bicyclic) bond motifs is 1. The van der Waals surface area contributed by atoms with Gasteiger partial charge in [0.1, 0.15) is 0 Å². The van der Waals surface area contributed by atoms with Crippen LogP contribution in [0, 0.1) is 11.8 Å². The Hall–Kier alpha value is -2.87. The summed E-state index contributed by atoms with van der Waals surface area (Å²) in [5.41, 5.74) is 3.51. The summed E-state index contributed by atoms with van der Waals surface area (Å²) in [5, 5.41) is 16.6. The van der Waals surface area contributed by atoms with Gasteiger partial charge >= 0.3 is 6.09 Å². The van der Waals surface area contributed by atoms with Crippen LogP contribution in [0.15, 0.2) is 30.6 Å². The van der Waals surface area contributed by atoms with Crippen molar-refractivity contribution in [3.63, 3.8) is 0 Å². The van der Waals surface area contributed by atoms with Crippen molar-refractivity contribution < 1.29 is 19.4 Å². The number of carbonyl (C=O) groups excluding carboxylic acids is 1. The second-order valence-electron chi connectivity index (χ2n) is 8.26. The van der Waals surface area contributed by atoms with Gasteiger partial charge in [-0.2, -0.15) is 5.10 Å². The summed E-state index contributed by atoms with van der Waals surface area (Å²) >= 11 is 0. The Labute approximate surface area is 175 Å². The van der Waals surface area contributed by atoms with Gasteiger partial charge in [-0.1, -0.05) is 13.0 Å². The molecule has 0 spiro atoms. The van der Waals surface area contributed by atoms with E-state index in [-0.39, 0.29) is 23.9 Å². The summed E-state index contributed by atoms with van der Waals surface area (Å²) in [6, 6.07) is 5.54. The number of nitrogens with one attached hydrogen (secondary N) is 1. The molecule has 160 valence electrons. The van der Waals surface area contributed by atoms with Crippen LogP contribution in [-0.2, 0) is 16.1 Å². The lowest BCUT2D eigenvalue weighted by atomic mass is 9.79. The molecule has 2 N–H and O–H groups in total. The number of methoxy groups -OCH3 is 1. The molecule has 8 nitrogen and oxygen atoms in total. The number of rotatable bonds is 6. The minimum absolute atomic E-state index is 0.00564. The minimum Gasteiger partial charge on any atom is -0.465 e. The quantitative estimate of drug-likeness (QED) is 0.759. The summed E-state index contributed by atoms with van der Waals surface area (Å²) in [4.78, 5) is 26.1. The molecule has 1 aromatic heterocycles. The molecule has 30 heavy (non-hydrogen) atoms. The Morgan fingerprint density at radius 2 is 2.07 bits per heavy atom. The Balaban J connectivity index is 1.76. The fourth-order valence-electron chi connectivity index (χ4n) is 4.70. The topological polar surface area (TPSA) is 96.7 Å². The van der Waals surface area contributed by atoms with Gasteiger partial charge in [0.15, 0.2) is 0 Å². The monoisotopic (exact) mass is 412 g/mol. The van der Waals surface area contributed by atoms with Gasteiger partial charge in [0.2, 0.25) is 5.91 Å². The molecule has 1 fully saturated rings. The van der Waals surface area contributed by atoms with Crippen molar-refractivity contribution in [1.82, 2.24) is 15.1 Å². The lowest BCUT2D eigenvalue weighted by Crippen LogP contribution is -2.53. The largest absolute Gasteiger partial charge is 0.465 e. The van der Waals surface area contributed by atoms with Crippen LogP contribution in [-0.4, -0.2) is 46.6 Å². The third kappa shape index (κ3) is 3.79. The van der Waals surface area contributed by atoms with E-state index in [1.54, 1.807) is 20.2 Å². The zero-order chi connectivity index (χ0) is 21.4. The van der Waals surface area contributed by atoms with Crippen LogP contribution >= 0.6 is 0 Å². The van der Waals surface area contributed by atoms with Crippen LogP contribution in [0.1, 0.15) is 38.3 Å². The van der Waals surface area contributed by atoms with Crippen molar-refractivity contribution >= 4 is 17.7 Å². The number of nitrogens with zero attached hydrogens (tertiary/aromatic N) is 3. The number of carboxylic acid groups (broad SMARTS) is 1. The highest BCUT2D eigenvalue weighted by atomic mass is 16.5. The Morgan fingerprint density at radius 1 is 1.30 bits per heavy atom. The first-order chi connectivity index (χ1) is 14.4. The highest BCUT2D eigenvalue weighted by molar-refractivity contribution is 5.94. The molecule has 0 saturated heterocycles. The first kappa shape index (κ1) is 20.4. The molecule has 8 heteroatoms. The van der Waals surface area contributed by atoms with Gasteiger partial charge in [0.25, 0.3) is 0 Å². The molecular weight excluding hydrogens is 384 g/mol. The highest BCUT2D eigenvalue weighted by Crippen LogP contribution is 2.49. The molecule has 0 radical (unpaired) electrons. The number of aromatic nitrogens is 2. The van der Waals surface area contributed by atoms with E-state index in [2.05, 4.69) is 10.4 Å². The molecule has 1 aromatic carbocycles. The average molecular weight is 412 g/mol. The van der Waals surface area contributed by atoms with E-state index in [0.29, 0.717) is 19.1 Å². The maximum absolute atomic E-state index is 12.6. The molecule has 1 saturated carbocycles. The lowest BCUT2D eigenvalue weighted by Gasteiger charge is -2.45. The van der Waals surface area contributed by atoms with E-state index in [9.17, 15) is 14.7 Å². The van der Waals surface area contributed by atoms with Gasteiger partial charge in [0.05, 0.1) is 25.4 Å².